The quantitative estimate of drug-likeness (QED) is 0.830. The molecule has 1 N–H and O–H groups in total. The first-order valence-corrected chi connectivity index (χ1v) is 8.20. The van der Waals surface area contributed by atoms with Crippen LogP contribution < -0.4 is 0 Å². The topological polar surface area (TPSA) is 66.8 Å². The van der Waals surface area contributed by atoms with Crippen molar-refractivity contribution in [1.29, 1.82) is 0 Å². The Hall–Kier alpha value is -1.95. The summed E-state index contributed by atoms with van der Waals surface area (Å²) in [6.07, 6.45) is 1.56. The number of nitrogens with zero attached hydrogens (tertiary/aromatic N) is 1. The molecule has 1 amide bonds. The average Bonchev–Trinajstić information content (AvgIpc) is 2.94. The second kappa shape index (κ2) is 8.24. The molecular formula is C18H24FNO4. The van der Waals surface area contributed by atoms with Gasteiger partial charge in [-0.15, -0.1) is 0 Å². The number of aliphatic carboxylic acids is 1. The van der Waals surface area contributed by atoms with Crippen molar-refractivity contribution in [2.75, 3.05) is 13.7 Å². The summed E-state index contributed by atoms with van der Waals surface area (Å²) in [5, 5.41) is 9.03. The van der Waals surface area contributed by atoms with Crippen molar-refractivity contribution in [2.24, 2.45) is 5.92 Å². The largest absolute Gasteiger partial charge is 0.481 e. The van der Waals surface area contributed by atoms with Gasteiger partial charge in [-0.2, -0.15) is 0 Å². The third kappa shape index (κ3) is 4.77. The van der Waals surface area contributed by atoms with E-state index in [2.05, 4.69) is 0 Å². The summed E-state index contributed by atoms with van der Waals surface area (Å²) in [5.74, 6) is -1.50. The first-order valence-electron chi connectivity index (χ1n) is 8.20. The number of ether oxygens (including phenoxy) is 1. The van der Waals surface area contributed by atoms with E-state index in [1.54, 1.807) is 18.1 Å². The van der Waals surface area contributed by atoms with Gasteiger partial charge in [0.15, 0.2) is 0 Å². The third-order valence-corrected chi connectivity index (χ3v) is 4.58. The van der Waals surface area contributed by atoms with Crippen molar-refractivity contribution in [3.05, 3.63) is 35.6 Å². The molecule has 5 nitrogen and oxygen atoms in total. The SMILES string of the molecule is COC1CC(CC(=O)O)N(C(=O)C(C)CCc2cccc(F)c2)C1. The van der Waals surface area contributed by atoms with Crippen LogP contribution in [0.5, 0.6) is 0 Å². The molecule has 0 bridgehead atoms. The predicted octanol–water partition coefficient (Wildman–Crippen LogP) is 2.49. The van der Waals surface area contributed by atoms with Gasteiger partial charge in [0, 0.05) is 25.6 Å². The van der Waals surface area contributed by atoms with Gasteiger partial charge >= 0.3 is 5.97 Å². The maximum atomic E-state index is 13.2. The number of rotatable bonds is 7. The lowest BCUT2D eigenvalue weighted by Crippen LogP contribution is -2.40. The Kier molecular flexibility index (Phi) is 6.31. The van der Waals surface area contributed by atoms with Gasteiger partial charge in [-0.3, -0.25) is 9.59 Å². The third-order valence-electron chi connectivity index (χ3n) is 4.58. The maximum Gasteiger partial charge on any atom is 0.305 e. The molecule has 3 atom stereocenters. The molecule has 1 aliphatic heterocycles. The van der Waals surface area contributed by atoms with Gasteiger partial charge in [0.2, 0.25) is 5.91 Å². The van der Waals surface area contributed by atoms with Crippen molar-refractivity contribution in [1.82, 2.24) is 4.90 Å². The zero-order valence-corrected chi connectivity index (χ0v) is 14.1. The van der Waals surface area contributed by atoms with Crippen LogP contribution in [-0.4, -0.2) is 47.7 Å². The lowest BCUT2D eigenvalue weighted by atomic mass is 9.99. The Balaban J connectivity index is 1.96. The van der Waals surface area contributed by atoms with Gasteiger partial charge in [-0.25, -0.2) is 4.39 Å². The van der Waals surface area contributed by atoms with E-state index < -0.39 is 5.97 Å². The van der Waals surface area contributed by atoms with E-state index in [4.69, 9.17) is 9.84 Å². The van der Waals surface area contributed by atoms with Crippen LogP contribution in [0.4, 0.5) is 4.39 Å². The number of halogens is 1. The summed E-state index contributed by atoms with van der Waals surface area (Å²) in [6, 6.07) is 6.04. The highest BCUT2D eigenvalue weighted by atomic mass is 19.1. The van der Waals surface area contributed by atoms with E-state index in [0.29, 0.717) is 25.8 Å². The molecule has 1 fully saturated rings. The van der Waals surface area contributed by atoms with E-state index in [-0.39, 0.29) is 36.2 Å². The number of carboxylic acid groups (broad SMARTS) is 1. The zero-order valence-electron chi connectivity index (χ0n) is 14.1. The van der Waals surface area contributed by atoms with Gasteiger partial charge < -0.3 is 14.7 Å². The molecule has 24 heavy (non-hydrogen) atoms. The molecule has 0 spiro atoms. The van der Waals surface area contributed by atoms with Crippen molar-refractivity contribution in [3.63, 3.8) is 0 Å². The van der Waals surface area contributed by atoms with Crippen molar-refractivity contribution in [3.8, 4) is 0 Å². The zero-order chi connectivity index (χ0) is 17.7. The highest BCUT2D eigenvalue weighted by molar-refractivity contribution is 5.80. The lowest BCUT2D eigenvalue weighted by molar-refractivity contribution is -0.141. The van der Waals surface area contributed by atoms with Crippen LogP contribution in [0.1, 0.15) is 31.7 Å². The van der Waals surface area contributed by atoms with Gasteiger partial charge in [0.25, 0.3) is 0 Å². The molecular weight excluding hydrogens is 313 g/mol. The standard InChI is InChI=1S/C18H24FNO4/c1-12(6-7-13-4-3-5-14(19)8-13)18(23)20-11-16(24-2)9-15(20)10-17(21)22/h3-5,8,12,15-16H,6-7,9-11H2,1-2H3,(H,21,22). The van der Waals surface area contributed by atoms with Crippen LogP contribution in [0.3, 0.4) is 0 Å². The minimum atomic E-state index is -0.915. The van der Waals surface area contributed by atoms with Gasteiger partial charge in [-0.1, -0.05) is 19.1 Å². The molecule has 1 saturated heterocycles. The molecule has 1 heterocycles. The summed E-state index contributed by atoms with van der Waals surface area (Å²) in [6.45, 7) is 2.26. The second-order valence-electron chi connectivity index (χ2n) is 6.41. The number of carbonyl (C=O) groups is 2. The molecule has 6 heteroatoms. The Morgan fingerprint density at radius 2 is 2.21 bits per heavy atom. The highest BCUT2D eigenvalue weighted by Crippen LogP contribution is 2.25. The first kappa shape index (κ1) is 18.4. The average molecular weight is 337 g/mol. The molecule has 0 radical (unpaired) electrons. The maximum absolute atomic E-state index is 13.2. The van der Waals surface area contributed by atoms with Crippen molar-refractivity contribution >= 4 is 11.9 Å². The first-order chi connectivity index (χ1) is 11.4. The molecule has 0 saturated carbocycles. The van der Waals surface area contributed by atoms with Gasteiger partial charge in [-0.05, 0) is 37.0 Å². The number of likely N-dealkylation sites (tertiary alicyclic amines) is 1. The Morgan fingerprint density at radius 1 is 1.46 bits per heavy atom. The van der Waals surface area contributed by atoms with E-state index in [1.165, 1.54) is 12.1 Å². The van der Waals surface area contributed by atoms with Crippen LogP contribution in [0.15, 0.2) is 24.3 Å². The molecule has 1 aromatic rings. The molecule has 1 aromatic carbocycles. The highest BCUT2D eigenvalue weighted by Gasteiger charge is 2.37. The molecule has 2 rings (SSSR count). The fourth-order valence-electron chi connectivity index (χ4n) is 3.19. The summed E-state index contributed by atoms with van der Waals surface area (Å²) in [5.41, 5.74) is 0.855. The van der Waals surface area contributed by atoms with E-state index in [1.807, 2.05) is 13.0 Å². The molecule has 3 unspecified atom stereocenters. The number of amides is 1. The van der Waals surface area contributed by atoms with E-state index >= 15 is 0 Å². The number of aryl methyl sites for hydroxylation is 1. The van der Waals surface area contributed by atoms with Crippen LogP contribution in [0, 0.1) is 11.7 Å². The smallest absolute Gasteiger partial charge is 0.305 e. The summed E-state index contributed by atoms with van der Waals surface area (Å²) < 4.78 is 18.5. The van der Waals surface area contributed by atoms with Crippen LogP contribution in [0.25, 0.3) is 0 Å². The second-order valence-corrected chi connectivity index (χ2v) is 6.41. The minimum Gasteiger partial charge on any atom is -0.481 e. The van der Waals surface area contributed by atoms with Gasteiger partial charge in [0.1, 0.15) is 5.82 Å². The lowest BCUT2D eigenvalue weighted by Gasteiger charge is -2.26. The van der Waals surface area contributed by atoms with Gasteiger partial charge in [0.05, 0.1) is 12.5 Å². The number of hydrogen-bond donors (Lipinski definition) is 1. The predicted molar refractivity (Wildman–Crippen MR) is 87.1 cm³/mol. The Bertz CT molecular complexity index is 592. The fourth-order valence-corrected chi connectivity index (χ4v) is 3.19. The fraction of sp³-hybridized carbons (Fsp3) is 0.556. The Labute approximate surface area is 141 Å². The van der Waals surface area contributed by atoms with E-state index in [0.717, 1.165) is 5.56 Å². The minimum absolute atomic E-state index is 0.0581. The number of hydrogen-bond acceptors (Lipinski definition) is 3. The molecule has 0 aliphatic carbocycles. The van der Waals surface area contributed by atoms with Crippen LogP contribution >= 0.6 is 0 Å². The molecule has 132 valence electrons. The summed E-state index contributed by atoms with van der Waals surface area (Å²) in [4.78, 5) is 25.3. The molecule has 0 aromatic heterocycles. The number of carbonyl (C=O) groups excluding carboxylic acids is 1. The van der Waals surface area contributed by atoms with Crippen molar-refractivity contribution in [2.45, 2.75) is 44.8 Å². The van der Waals surface area contributed by atoms with Crippen LogP contribution in [0.2, 0.25) is 0 Å². The summed E-state index contributed by atoms with van der Waals surface area (Å²) >= 11 is 0. The number of benzene rings is 1. The molecule has 1 aliphatic rings. The normalized spacial score (nSPS) is 21.7. The Morgan fingerprint density at radius 3 is 2.83 bits per heavy atom. The number of methoxy groups -OCH3 is 1. The van der Waals surface area contributed by atoms with Crippen molar-refractivity contribution < 1.29 is 23.8 Å². The van der Waals surface area contributed by atoms with Crippen LogP contribution in [-0.2, 0) is 20.7 Å². The summed E-state index contributed by atoms with van der Waals surface area (Å²) in [7, 11) is 1.57. The monoisotopic (exact) mass is 337 g/mol. The van der Waals surface area contributed by atoms with E-state index in [9.17, 15) is 14.0 Å². The number of carboxylic acids is 1.